The van der Waals surface area contributed by atoms with E-state index in [1.54, 1.807) is 0 Å². The Labute approximate surface area is 207 Å². The number of fused-ring (bicyclic) bond motifs is 1. The molecule has 0 bridgehead atoms. The second-order valence-corrected chi connectivity index (χ2v) is 11.6. The Bertz CT molecular complexity index is 1230. The maximum absolute atomic E-state index is 13.6. The summed E-state index contributed by atoms with van der Waals surface area (Å²) >= 11 is 0. The first-order chi connectivity index (χ1) is 17.1. The van der Waals surface area contributed by atoms with E-state index in [1.165, 1.54) is 70.6 Å². The van der Waals surface area contributed by atoms with Crippen LogP contribution < -0.4 is 5.56 Å². The Morgan fingerprint density at radius 1 is 1.06 bits per heavy atom. The number of H-pyrrole nitrogens is 1. The third-order valence-electron chi connectivity index (χ3n) is 9.01. The molecule has 3 aromatic rings. The summed E-state index contributed by atoms with van der Waals surface area (Å²) in [6, 6.07) is 8.15. The first-order valence-corrected chi connectivity index (χ1v) is 13.7. The predicted molar refractivity (Wildman–Crippen MR) is 137 cm³/mol. The van der Waals surface area contributed by atoms with Gasteiger partial charge >= 0.3 is 0 Å². The minimum atomic E-state index is -0.222. The van der Waals surface area contributed by atoms with Gasteiger partial charge < -0.3 is 4.98 Å². The number of nitrogens with one attached hydrogen (secondary N) is 1. The van der Waals surface area contributed by atoms with Crippen molar-refractivity contribution in [2.75, 3.05) is 13.1 Å². The van der Waals surface area contributed by atoms with Crippen molar-refractivity contribution in [2.45, 2.75) is 90.1 Å². The van der Waals surface area contributed by atoms with E-state index in [1.807, 2.05) is 4.68 Å². The molecule has 2 saturated carbocycles. The summed E-state index contributed by atoms with van der Waals surface area (Å²) in [5.41, 5.74) is 3.17. The van der Waals surface area contributed by atoms with Crippen molar-refractivity contribution < 1.29 is 0 Å². The molecule has 35 heavy (non-hydrogen) atoms. The van der Waals surface area contributed by atoms with Crippen molar-refractivity contribution in [3.05, 3.63) is 51.6 Å². The maximum Gasteiger partial charge on any atom is 0.253 e. The molecule has 2 aromatic heterocycles. The molecule has 1 aromatic carbocycles. The van der Waals surface area contributed by atoms with E-state index in [4.69, 9.17) is 0 Å². The molecule has 6 rings (SSSR count). The fraction of sp³-hybridized carbons (Fsp3) is 0.643. The summed E-state index contributed by atoms with van der Waals surface area (Å²) in [4.78, 5) is 19.3. The van der Waals surface area contributed by atoms with E-state index in [-0.39, 0.29) is 11.6 Å². The van der Waals surface area contributed by atoms with Gasteiger partial charge in [0.2, 0.25) is 0 Å². The largest absolute Gasteiger partial charge is 0.322 e. The lowest BCUT2D eigenvalue weighted by Crippen LogP contribution is -2.47. The van der Waals surface area contributed by atoms with E-state index in [2.05, 4.69) is 56.6 Å². The quantitative estimate of drug-likeness (QED) is 0.553. The van der Waals surface area contributed by atoms with E-state index in [0.29, 0.717) is 11.3 Å². The Hall–Kier alpha value is -2.54. The van der Waals surface area contributed by atoms with E-state index in [9.17, 15) is 4.79 Å². The van der Waals surface area contributed by atoms with Crippen LogP contribution in [0.15, 0.2) is 29.1 Å². The molecule has 1 saturated heterocycles. The van der Waals surface area contributed by atoms with Gasteiger partial charge in [0.15, 0.2) is 5.82 Å². The van der Waals surface area contributed by atoms with Crippen LogP contribution in [0.5, 0.6) is 0 Å². The number of aromatic amines is 1. The highest BCUT2D eigenvalue weighted by atomic mass is 16.1. The average Bonchev–Trinajstić information content (AvgIpc) is 3.53. The monoisotopic (exact) mass is 474 g/mol. The molecule has 7 heteroatoms. The molecule has 1 spiro atoms. The van der Waals surface area contributed by atoms with Crippen molar-refractivity contribution >= 4 is 10.9 Å². The first kappa shape index (κ1) is 22.9. The minimum Gasteiger partial charge on any atom is -0.322 e. The van der Waals surface area contributed by atoms with Crippen molar-refractivity contribution in [1.82, 2.24) is 30.1 Å². The summed E-state index contributed by atoms with van der Waals surface area (Å²) in [5.74, 6) is 1.46. The number of aryl methyl sites for hydroxylation is 1. The van der Waals surface area contributed by atoms with Crippen LogP contribution in [0.4, 0.5) is 0 Å². The van der Waals surface area contributed by atoms with Crippen LogP contribution in [0.2, 0.25) is 0 Å². The number of rotatable bonds is 5. The summed E-state index contributed by atoms with van der Waals surface area (Å²) in [7, 11) is 0. The van der Waals surface area contributed by atoms with Gasteiger partial charge in [-0.05, 0) is 96.8 Å². The lowest BCUT2D eigenvalue weighted by Gasteiger charge is -2.47. The Balaban J connectivity index is 1.43. The standard InChI is InChI=1S/C28H38N6O/c1-20-10-11-22-17-23(27(35)29-24(22)16-20)25(26-30-31-32-34(26)18-21-8-3-4-9-21)33-15-7-14-28(19-33)12-5-2-6-13-28/h10-11,16-17,21,25H,2-9,12-15,18-19H2,1H3,(H,29,35)/t25-/m1/s1. The number of tetrazole rings is 1. The molecule has 3 fully saturated rings. The zero-order chi connectivity index (χ0) is 23.8. The van der Waals surface area contributed by atoms with Gasteiger partial charge in [0.25, 0.3) is 5.56 Å². The zero-order valence-corrected chi connectivity index (χ0v) is 21.0. The van der Waals surface area contributed by atoms with E-state index >= 15 is 0 Å². The molecule has 1 atom stereocenters. The Kier molecular flexibility index (Phi) is 6.21. The molecule has 1 aliphatic heterocycles. The highest BCUT2D eigenvalue weighted by Gasteiger charge is 2.41. The summed E-state index contributed by atoms with van der Waals surface area (Å²) in [6.07, 6.45) is 14.2. The third-order valence-corrected chi connectivity index (χ3v) is 9.01. The Morgan fingerprint density at radius 2 is 1.86 bits per heavy atom. The highest BCUT2D eigenvalue weighted by Crippen LogP contribution is 2.45. The number of hydrogen-bond donors (Lipinski definition) is 1. The zero-order valence-electron chi connectivity index (χ0n) is 21.0. The summed E-state index contributed by atoms with van der Waals surface area (Å²) < 4.78 is 2.02. The molecule has 1 N–H and O–H groups in total. The van der Waals surface area contributed by atoms with Gasteiger partial charge in [-0.2, -0.15) is 0 Å². The lowest BCUT2D eigenvalue weighted by atomic mass is 9.69. The van der Waals surface area contributed by atoms with Crippen LogP contribution in [0, 0.1) is 18.3 Å². The van der Waals surface area contributed by atoms with Gasteiger partial charge in [-0.25, -0.2) is 4.68 Å². The minimum absolute atomic E-state index is 0.0215. The normalized spacial score (nSPS) is 22.2. The number of pyridine rings is 1. The number of likely N-dealkylation sites (tertiary alicyclic amines) is 1. The first-order valence-electron chi connectivity index (χ1n) is 13.7. The molecular formula is C28H38N6O. The highest BCUT2D eigenvalue weighted by molar-refractivity contribution is 5.79. The molecule has 3 aliphatic rings. The van der Waals surface area contributed by atoms with Crippen LogP contribution in [0.1, 0.15) is 93.6 Å². The van der Waals surface area contributed by atoms with Crippen molar-refractivity contribution in [1.29, 1.82) is 0 Å². The fourth-order valence-electron chi connectivity index (χ4n) is 7.19. The van der Waals surface area contributed by atoms with Crippen LogP contribution >= 0.6 is 0 Å². The van der Waals surface area contributed by atoms with E-state index in [0.717, 1.165) is 47.5 Å². The number of benzene rings is 1. The van der Waals surface area contributed by atoms with Crippen molar-refractivity contribution in [3.8, 4) is 0 Å². The SMILES string of the molecule is Cc1ccc2cc([C@H](c3nnnn3CC3CCCC3)N3CCCC4(CCCCC4)C3)c(=O)[nH]c2c1. The fourth-order valence-corrected chi connectivity index (χ4v) is 7.19. The predicted octanol–water partition coefficient (Wildman–Crippen LogP) is 5.15. The Morgan fingerprint density at radius 3 is 2.69 bits per heavy atom. The number of aromatic nitrogens is 5. The molecular weight excluding hydrogens is 436 g/mol. The second-order valence-electron chi connectivity index (χ2n) is 11.6. The smallest absolute Gasteiger partial charge is 0.253 e. The average molecular weight is 475 g/mol. The molecule has 0 unspecified atom stereocenters. The van der Waals surface area contributed by atoms with Crippen LogP contribution in [0.3, 0.4) is 0 Å². The second kappa shape index (κ2) is 9.49. The van der Waals surface area contributed by atoms with Gasteiger partial charge in [0.1, 0.15) is 6.04 Å². The van der Waals surface area contributed by atoms with Crippen LogP contribution in [-0.2, 0) is 6.54 Å². The van der Waals surface area contributed by atoms with Crippen LogP contribution in [0.25, 0.3) is 10.9 Å². The topological polar surface area (TPSA) is 79.7 Å². The third kappa shape index (κ3) is 4.55. The molecule has 3 heterocycles. The molecule has 186 valence electrons. The molecule has 0 radical (unpaired) electrons. The van der Waals surface area contributed by atoms with E-state index < -0.39 is 0 Å². The van der Waals surface area contributed by atoms with Crippen LogP contribution in [-0.4, -0.2) is 43.2 Å². The number of hydrogen-bond acceptors (Lipinski definition) is 5. The molecule has 2 aliphatic carbocycles. The van der Waals surface area contributed by atoms with Gasteiger partial charge in [0, 0.05) is 24.2 Å². The molecule has 0 amide bonds. The maximum atomic E-state index is 13.6. The van der Waals surface area contributed by atoms with Gasteiger partial charge in [-0.1, -0.05) is 44.2 Å². The van der Waals surface area contributed by atoms with Gasteiger partial charge in [-0.3, -0.25) is 9.69 Å². The van der Waals surface area contributed by atoms with Crippen molar-refractivity contribution in [2.24, 2.45) is 11.3 Å². The summed E-state index contributed by atoms with van der Waals surface area (Å²) in [5, 5.41) is 14.2. The van der Waals surface area contributed by atoms with Gasteiger partial charge in [0.05, 0.1) is 0 Å². The lowest BCUT2D eigenvalue weighted by molar-refractivity contribution is 0.0337. The summed E-state index contributed by atoms with van der Waals surface area (Å²) in [6.45, 7) is 4.92. The van der Waals surface area contributed by atoms with Gasteiger partial charge in [-0.15, -0.1) is 5.10 Å². The molecule has 7 nitrogen and oxygen atoms in total. The van der Waals surface area contributed by atoms with Crippen molar-refractivity contribution in [3.63, 3.8) is 0 Å². The number of piperidine rings is 1. The number of nitrogens with zero attached hydrogens (tertiary/aromatic N) is 5.